The van der Waals surface area contributed by atoms with Crippen LogP contribution in [0.1, 0.15) is 66.7 Å². The lowest BCUT2D eigenvalue weighted by molar-refractivity contribution is -0.00403. The van der Waals surface area contributed by atoms with E-state index >= 15 is 0 Å². The highest BCUT2D eigenvalue weighted by Gasteiger charge is 2.33. The quantitative estimate of drug-likeness (QED) is 0.732. The van der Waals surface area contributed by atoms with Crippen LogP contribution in [0.5, 0.6) is 0 Å². The molecule has 1 heterocycles. The lowest BCUT2D eigenvalue weighted by Crippen LogP contribution is -2.50. The second kappa shape index (κ2) is 5.74. The fraction of sp³-hybridized carbons (Fsp3) is 0.929. The summed E-state index contributed by atoms with van der Waals surface area (Å²) in [5.74, 6) is 0. The van der Waals surface area contributed by atoms with Gasteiger partial charge in [0.15, 0.2) is 0 Å². The summed E-state index contributed by atoms with van der Waals surface area (Å²) in [6.45, 7) is 10.1. The van der Waals surface area contributed by atoms with Gasteiger partial charge >= 0.3 is 6.09 Å². The van der Waals surface area contributed by atoms with Gasteiger partial charge in [-0.15, -0.1) is 0 Å². The molecule has 3 nitrogen and oxygen atoms in total. The summed E-state index contributed by atoms with van der Waals surface area (Å²) in [6.07, 6.45) is 5.52. The third-order valence-electron chi connectivity index (χ3n) is 3.25. The molecule has 0 spiro atoms. The number of rotatable bonds is 2. The van der Waals surface area contributed by atoms with Crippen molar-refractivity contribution in [2.45, 2.75) is 84.4 Å². The Morgan fingerprint density at radius 1 is 1.35 bits per heavy atom. The summed E-state index contributed by atoms with van der Waals surface area (Å²) in [4.78, 5) is 14.2. The number of likely N-dealkylation sites (tertiary alicyclic amines) is 1. The van der Waals surface area contributed by atoms with Crippen LogP contribution in [0, 0.1) is 0 Å². The van der Waals surface area contributed by atoms with Gasteiger partial charge in [-0.2, -0.15) is 0 Å². The molecule has 0 radical (unpaired) electrons. The van der Waals surface area contributed by atoms with Gasteiger partial charge in [-0.05, 0) is 53.4 Å². The lowest BCUT2D eigenvalue weighted by Gasteiger charge is -2.41. The predicted molar refractivity (Wildman–Crippen MR) is 70.1 cm³/mol. The van der Waals surface area contributed by atoms with Crippen molar-refractivity contribution in [1.82, 2.24) is 4.90 Å². The Kier molecular flexibility index (Phi) is 4.84. The predicted octanol–water partition coefficient (Wildman–Crippen LogP) is 3.96. The maximum absolute atomic E-state index is 12.2. The molecule has 3 heteroatoms. The fourth-order valence-corrected chi connectivity index (χ4v) is 2.55. The molecule has 100 valence electrons. The van der Waals surface area contributed by atoms with Crippen molar-refractivity contribution in [2.24, 2.45) is 0 Å². The van der Waals surface area contributed by atoms with Gasteiger partial charge in [0.2, 0.25) is 0 Å². The molecule has 0 saturated carbocycles. The third kappa shape index (κ3) is 4.21. The highest BCUT2D eigenvalue weighted by Crippen LogP contribution is 2.27. The van der Waals surface area contributed by atoms with Gasteiger partial charge in [0.05, 0.1) is 0 Å². The zero-order valence-corrected chi connectivity index (χ0v) is 12.0. The lowest BCUT2D eigenvalue weighted by atomic mass is 9.94. The molecule has 0 bridgehead atoms. The van der Waals surface area contributed by atoms with Crippen molar-refractivity contribution in [3.05, 3.63) is 0 Å². The van der Waals surface area contributed by atoms with E-state index in [0.717, 1.165) is 25.7 Å². The fourth-order valence-electron chi connectivity index (χ4n) is 2.55. The molecule has 0 aromatic rings. The van der Waals surface area contributed by atoms with Gasteiger partial charge in [0.1, 0.15) is 5.60 Å². The van der Waals surface area contributed by atoms with Gasteiger partial charge in [-0.25, -0.2) is 4.79 Å². The van der Waals surface area contributed by atoms with Crippen molar-refractivity contribution >= 4 is 6.09 Å². The van der Waals surface area contributed by atoms with Gasteiger partial charge in [0.25, 0.3) is 0 Å². The molecule has 1 saturated heterocycles. The normalized spacial score (nSPS) is 25.8. The minimum atomic E-state index is -0.398. The molecular formula is C14H27NO2. The second-order valence-corrected chi connectivity index (χ2v) is 6.11. The van der Waals surface area contributed by atoms with Gasteiger partial charge in [0, 0.05) is 12.1 Å². The first-order valence-corrected chi connectivity index (χ1v) is 6.86. The zero-order chi connectivity index (χ0) is 13.1. The first-order chi connectivity index (χ1) is 7.85. The number of piperidine rings is 1. The van der Waals surface area contributed by atoms with E-state index in [9.17, 15) is 4.79 Å². The van der Waals surface area contributed by atoms with Crippen molar-refractivity contribution < 1.29 is 9.53 Å². The molecule has 2 atom stereocenters. The highest BCUT2D eigenvalue weighted by atomic mass is 16.6. The monoisotopic (exact) mass is 241 g/mol. The Labute approximate surface area is 106 Å². The molecule has 0 unspecified atom stereocenters. The van der Waals surface area contributed by atoms with Crippen LogP contribution in [0.2, 0.25) is 0 Å². The number of carbonyl (C=O) groups excluding carboxylic acids is 1. The van der Waals surface area contributed by atoms with Crippen LogP contribution < -0.4 is 0 Å². The van der Waals surface area contributed by atoms with E-state index in [1.165, 1.54) is 6.42 Å². The Bertz CT molecular complexity index is 255. The van der Waals surface area contributed by atoms with Crippen LogP contribution in [0.3, 0.4) is 0 Å². The highest BCUT2D eigenvalue weighted by molar-refractivity contribution is 5.69. The standard InChI is InChI=1S/C14H27NO2/c1-6-8-12-10-7-9-11(2)15(12)13(16)17-14(3,4)5/h11-12H,6-10H2,1-5H3/t11-,12-/m1/s1. The Morgan fingerprint density at radius 2 is 2.00 bits per heavy atom. The van der Waals surface area contributed by atoms with Crippen molar-refractivity contribution in [1.29, 1.82) is 0 Å². The SMILES string of the molecule is CCC[C@@H]1CCC[C@@H](C)N1C(=O)OC(C)(C)C. The molecule has 1 aliphatic heterocycles. The van der Waals surface area contributed by atoms with Crippen LogP contribution in [0.4, 0.5) is 4.79 Å². The molecule has 1 rings (SSSR count). The molecular weight excluding hydrogens is 214 g/mol. The smallest absolute Gasteiger partial charge is 0.410 e. The van der Waals surface area contributed by atoms with E-state index < -0.39 is 5.60 Å². The Morgan fingerprint density at radius 3 is 2.53 bits per heavy atom. The maximum Gasteiger partial charge on any atom is 0.410 e. The van der Waals surface area contributed by atoms with Crippen molar-refractivity contribution in [3.63, 3.8) is 0 Å². The maximum atomic E-state index is 12.2. The van der Waals surface area contributed by atoms with Crippen LogP contribution in [-0.2, 0) is 4.74 Å². The van der Waals surface area contributed by atoms with Gasteiger partial charge < -0.3 is 9.64 Å². The van der Waals surface area contributed by atoms with Crippen LogP contribution in [0.15, 0.2) is 0 Å². The number of amides is 1. The van der Waals surface area contributed by atoms with E-state index in [-0.39, 0.29) is 6.09 Å². The average Bonchev–Trinajstić information content (AvgIpc) is 2.15. The van der Waals surface area contributed by atoms with E-state index in [1.54, 1.807) is 0 Å². The first kappa shape index (κ1) is 14.3. The van der Waals surface area contributed by atoms with Crippen LogP contribution in [0.25, 0.3) is 0 Å². The number of carbonyl (C=O) groups is 1. The average molecular weight is 241 g/mol. The number of nitrogens with zero attached hydrogens (tertiary/aromatic N) is 1. The second-order valence-electron chi connectivity index (χ2n) is 6.11. The molecule has 1 amide bonds. The summed E-state index contributed by atoms with van der Waals surface area (Å²) in [6, 6.07) is 0.689. The van der Waals surface area contributed by atoms with Gasteiger partial charge in [-0.1, -0.05) is 13.3 Å². The molecule has 0 aromatic heterocycles. The van der Waals surface area contributed by atoms with E-state index in [1.807, 2.05) is 25.7 Å². The molecule has 17 heavy (non-hydrogen) atoms. The first-order valence-electron chi connectivity index (χ1n) is 6.86. The third-order valence-corrected chi connectivity index (χ3v) is 3.25. The molecule has 0 aromatic carbocycles. The van der Waals surface area contributed by atoms with Gasteiger partial charge in [-0.3, -0.25) is 0 Å². The van der Waals surface area contributed by atoms with Crippen LogP contribution >= 0.6 is 0 Å². The summed E-state index contributed by atoms with van der Waals surface area (Å²) in [5, 5.41) is 0. The summed E-state index contributed by atoms with van der Waals surface area (Å²) < 4.78 is 5.51. The number of hydrogen-bond acceptors (Lipinski definition) is 2. The molecule has 0 aliphatic carbocycles. The van der Waals surface area contributed by atoms with E-state index in [4.69, 9.17) is 4.74 Å². The topological polar surface area (TPSA) is 29.5 Å². The molecule has 1 aliphatic rings. The summed E-state index contributed by atoms with van der Waals surface area (Å²) in [7, 11) is 0. The zero-order valence-electron chi connectivity index (χ0n) is 12.0. The number of hydrogen-bond donors (Lipinski definition) is 0. The summed E-state index contributed by atoms with van der Waals surface area (Å²) >= 11 is 0. The number of ether oxygens (including phenoxy) is 1. The van der Waals surface area contributed by atoms with Crippen molar-refractivity contribution in [3.8, 4) is 0 Å². The van der Waals surface area contributed by atoms with E-state index in [2.05, 4.69) is 13.8 Å². The Hall–Kier alpha value is -0.730. The summed E-state index contributed by atoms with van der Waals surface area (Å²) in [5.41, 5.74) is -0.398. The minimum absolute atomic E-state index is 0.136. The van der Waals surface area contributed by atoms with Crippen molar-refractivity contribution in [2.75, 3.05) is 0 Å². The largest absolute Gasteiger partial charge is 0.444 e. The minimum Gasteiger partial charge on any atom is -0.444 e. The van der Waals surface area contributed by atoms with E-state index in [0.29, 0.717) is 12.1 Å². The molecule has 1 fully saturated rings. The Balaban J connectivity index is 2.70. The van der Waals surface area contributed by atoms with Crippen LogP contribution in [-0.4, -0.2) is 28.7 Å². The molecule has 0 N–H and O–H groups in total.